The second kappa shape index (κ2) is 2.41. The maximum atomic E-state index is 10.5. The molecule has 1 amide bonds. The number of hydrogen-bond donors (Lipinski definition) is 1. The van der Waals surface area contributed by atoms with Crippen LogP contribution in [0.15, 0.2) is 4.99 Å². The van der Waals surface area contributed by atoms with Gasteiger partial charge >= 0.3 is 0 Å². The molecule has 48 valence electrons. The lowest BCUT2D eigenvalue weighted by Gasteiger charge is -2.06. The summed E-state index contributed by atoms with van der Waals surface area (Å²) in [4.78, 5) is 14.1. The van der Waals surface area contributed by atoms with Gasteiger partial charge in [-0.1, -0.05) is 11.6 Å². The van der Waals surface area contributed by atoms with Crippen molar-refractivity contribution in [3.8, 4) is 0 Å². The van der Waals surface area contributed by atoms with Crippen molar-refractivity contribution in [3.63, 3.8) is 0 Å². The predicted molar refractivity (Wildman–Crippen MR) is 38.6 cm³/mol. The number of thiocarbonyl (C=S) groups is 1. The summed E-state index contributed by atoms with van der Waals surface area (Å²) in [6.07, 6.45) is 0.141. The number of rotatable bonds is 0. The zero-order valence-electron chi connectivity index (χ0n) is 4.35. The number of amides is 1. The van der Waals surface area contributed by atoms with Crippen LogP contribution in [0.2, 0.25) is 0 Å². The SMILES string of the molecule is O=C1CC(Cl)=NC(=S)N1. The van der Waals surface area contributed by atoms with Crippen LogP contribution in [0.5, 0.6) is 0 Å². The Kier molecular flexibility index (Phi) is 1.78. The minimum atomic E-state index is -0.194. The first-order valence-electron chi connectivity index (χ1n) is 2.25. The van der Waals surface area contributed by atoms with Crippen molar-refractivity contribution >= 4 is 40.0 Å². The van der Waals surface area contributed by atoms with Gasteiger partial charge in [0, 0.05) is 0 Å². The van der Waals surface area contributed by atoms with Gasteiger partial charge in [-0.2, -0.15) is 0 Å². The van der Waals surface area contributed by atoms with E-state index < -0.39 is 0 Å². The van der Waals surface area contributed by atoms with E-state index in [2.05, 4.69) is 22.5 Å². The quantitative estimate of drug-likeness (QED) is 0.525. The third kappa shape index (κ3) is 1.73. The summed E-state index contributed by atoms with van der Waals surface area (Å²) in [6.45, 7) is 0. The number of nitrogens with zero attached hydrogens (tertiary/aromatic N) is 1. The zero-order valence-corrected chi connectivity index (χ0v) is 5.92. The minimum Gasteiger partial charge on any atom is -0.301 e. The van der Waals surface area contributed by atoms with Gasteiger partial charge in [-0.05, 0) is 12.2 Å². The molecule has 0 fully saturated rings. The Morgan fingerprint density at radius 3 is 2.89 bits per heavy atom. The van der Waals surface area contributed by atoms with Crippen LogP contribution in [0.3, 0.4) is 0 Å². The third-order valence-corrected chi connectivity index (χ3v) is 1.19. The molecular weight excluding hydrogens is 160 g/mol. The van der Waals surface area contributed by atoms with Gasteiger partial charge in [-0.3, -0.25) is 4.79 Å². The summed E-state index contributed by atoms with van der Waals surface area (Å²) >= 11 is 9.96. The number of nitrogens with one attached hydrogen (secondary N) is 1. The van der Waals surface area contributed by atoms with Crippen LogP contribution in [0.1, 0.15) is 6.42 Å². The van der Waals surface area contributed by atoms with Gasteiger partial charge in [0.2, 0.25) is 11.0 Å². The fraction of sp³-hybridized carbons (Fsp3) is 0.250. The smallest absolute Gasteiger partial charge is 0.233 e. The average molecular weight is 163 g/mol. The van der Waals surface area contributed by atoms with Crippen LogP contribution in [-0.2, 0) is 4.79 Å². The number of carbonyl (C=O) groups is 1. The Bertz CT molecular complexity index is 201. The van der Waals surface area contributed by atoms with Crippen molar-refractivity contribution in [2.45, 2.75) is 6.42 Å². The molecule has 0 aromatic carbocycles. The molecule has 0 bridgehead atoms. The van der Waals surface area contributed by atoms with Gasteiger partial charge in [0.25, 0.3) is 0 Å². The molecule has 0 radical (unpaired) electrons. The van der Waals surface area contributed by atoms with Crippen molar-refractivity contribution in [3.05, 3.63) is 0 Å². The van der Waals surface area contributed by atoms with Gasteiger partial charge in [0.15, 0.2) is 0 Å². The largest absolute Gasteiger partial charge is 0.301 e. The Morgan fingerprint density at radius 1 is 1.78 bits per heavy atom. The molecule has 1 rings (SSSR count). The van der Waals surface area contributed by atoms with E-state index >= 15 is 0 Å². The van der Waals surface area contributed by atoms with Crippen LogP contribution in [0, 0.1) is 0 Å². The molecule has 0 atom stereocenters. The maximum absolute atomic E-state index is 10.5. The molecule has 0 saturated carbocycles. The average Bonchev–Trinajstić information content (AvgIpc) is 1.59. The Balaban J connectivity index is 2.79. The molecule has 9 heavy (non-hydrogen) atoms. The highest BCUT2D eigenvalue weighted by molar-refractivity contribution is 7.80. The summed E-state index contributed by atoms with van der Waals surface area (Å²) in [5, 5.41) is 2.73. The second-order valence-electron chi connectivity index (χ2n) is 1.52. The molecule has 0 aliphatic carbocycles. The second-order valence-corrected chi connectivity index (χ2v) is 2.34. The predicted octanol–water partition coefficient (Wildman–Crippen LogP) is 0.429. The summed E-state index contributed by atoms with van der Waals surface area (Å²) < 4.78 is 0. The van der Waals surface area contributed by atoms with Crippen molar-refractivity contribution in [1.82, 2.24) is 5.32 Å². The maximum Gasteiger partial charge on any atom is 0.233 e. The van der Waals surface area contributed by atoms with Gasteiger partial charge in [0.1, 0.15) is 5.17 Å². The number of carbonyl (C=O) groups excluding carboxylic acids is 1. The molecule has 1 heterocycles. The topological polar surface area (TPSA) is 41.5 Å². The summed E-state index contributed by atoms with van der Waals surface area (Å²) in [5.41, 5.74) is 0. The summed E-state index contributed by atoms with van der Waals surface area (Å²) in [7, 11) is 0. The molecule has 0 aromatic rings. The zero-order chi connectivity index (χ0) is 6.85. The molecular formula is C4H3ClN2OS. The van der Waals surface area contributed by atoms with Gasteiger partial charge in [0.05, 0.1) is 6.42 Å². The number of aliphatic imine (C=N–C) groups is 1. The van der Waals surface area contributed by atoms with E-state index in [1.807, 2.05) is 0 Å². The first kappa shape index (κ1) is 6.64. The van der Waals surface area contributed by atoms with E-state index in [0.29, 0.717) is 0 Å². The molecule has 1 aliphatic heterocycles. The number of hydrogen-bond acceptors (Lipinski definition) is 2. The van der Waals surface area contributed by atoms with E-state index in [1.54, 1.807) is 0 Å². The monoisotopic (exact) mass is 162 g/mol. The first-order valence-corrected chi connectivity index (χ1v) is 3.04. The third-order valence-electron chi connectivity index (χ3n) is 0.776. The van der Waals surface area contributed by atoms with Crippen LogP contribution in [0.4, 0.5) is 0 Å². The van der Waals surface area contributed by atoms with Crippen molar-refractivity contribution < 1.29 is 4.79 Å². The minimum absolute atomic E-state index is 0.141. The highest BCUT2D eigenvalue weighted by Crippen LogP contribution is 1.99. The standard InChI is InChI=1S/C4H3ClN2OS/c5-2-1-3(8)7-4(9)6-2/h1H2,(H,7,8,9). The van der Waals surface area contributed by atoms with E-state index in [9.17, 15) is 4.79 Å². The van der Waals surface area contributed by atoms with Gasteiger partial charge in [-0.25, -0.2) is 4.99 Å². The lowest BCUT2D eigenvalue weighted by Crippen LogP contribution is -2.33. The van der Waals surface area contributed by atoms with Crippen molar-refractivity contribution in [2.75, 3.05) is 0 Å². The summed E-state index contributed by atoms with van der Waals surface area (Å²) in [5.74, 6) is -0.194. The van der Waals surface area contributed by atoms with E-state index in [-0.39, 0.29) is 22.6 Å². The molecule has 1 aliphatic rings. The summed E-state index contributed by atoms with van der Waals surface area (Å²) in [6, 6.07) is 0. The van der Waals surface area contributed by atoms with Crippen LogP contribution < -0.4 is 5.32 Å². The Labute approximate surface area is 62.1 Å². The highest BCUT2D eigenvalue weighted by atomic mass is 35.5. The van der Waals surface area contributed by atoms with E-state index in [1.165, 1.54) is 0 Å². The molecule has 0 saturated heterocycles. The van der Waals surface area contributed by atoms with Crippen LogP contribution in [0.25, 0.3) is 0 Å². The number of halogens is 1. The fourth-order valence-corrected chi connectivity index (χ4v) is 0.954. The highest BCUT2D eigenvalue weighted by Gasteiger charge is 2.12. The molecule has 1 N–H and O–H groups in total. The van der Waals surface area contributed by atoms with Gasteiger partial charge < -0.3 is 5.32 Å². The molecule has 5 heteroatoms. The normalized spacial score (nSPS) is 19.0. The first-order chi connectivity index (χ1) is 4.18. The van der Waals surface area contributed by atoms with E-state index in [4.69, 9.17) is 11.6 Å². The lowest BCUT2D eigenvalue weighted by molar-refractivity contribution is -0.118. The molecule has 0 unspecified atom stereocenters. The Morgan fingerprint density at radius 2 is 2.44 bits per heavy atom. The molecule has 0 spiro atoms. The fourth-order valence-electron chi connectivity index (χ4n) is 0.474. The van der Waals surface area contributed by atoms with Crippen LogP contribution >= 0.6 is 23.8 Å². The van der Waals surface area contributed by atoms with Gasteiger partial charge in [-0.15, -0.1) is 0 Å². The Hall–Kier alpha value is -0.480. The van der Waals surface area contributed by atoms with Crippen molar-refractivity contribution in [1.29, 1.82) is 0 Å². The van der Waals surface area contributed by atoms with E-state index in [0.717, 1.165) is 0 Å². The van der Waals surface area contributed by atoms with Crippen molar-refractivity contribution in [2.24, 2.45) is 4.99 Å². The molecule has 3 nitrogen and oxygen atoms in total. The lowest BCUT2D eigenvalue weighted by atomic mass is 10.4. The molecule has 0 aromatic heterocycles. The van der Waals surface area contributed by atoms with Crippen LogP contribution in [-0.4, -0.2) is 16.2 Å².